The van der Waals surface area contributed by atoms with Crippen molar-refractivity contribution in [1.82, 2.24) is 15.5 Å². The van der Waals surface area contributed by atoms with Crippen LogP contribution in [0.25, 0.3) is 11.4 Å². The van der Waals surface area contributed by atoms with Gasteiger partial charge in [0.05, 0.1) is 13.2 Å². The van der Waals surface area contributed by atoms with E-state index < -0.39 is 0 Å². The van der Waals surface area contributed by atoms with Crippen molar-refractivity contribution < 1.29 is 14.1 Å². The number of nitrogens with one attached hydrogen (secondary N) is 2. The van der Waals surface area contributed by atoms with Crippen molar-refractivity contribution in [2.75, 3.05) is 11.9 Å². The molecule has 0 unspecified atom stereocenters. The smallest absolute Gasteiger partial charge is 0.251 e. The maximum absolute atomic E-state index is 12.3. The number of rotatable bonds is 8. The zero-order valence-electron chi connectivity index (χ0n) is 16.6. The third-order valence-corrected chi connectivity index (χ3v) is 4.73. The van der Waals surface area contributed by atoms with Gasteiger partial charge < -0.3 is 19.9 Å². The van der Waals surface area contributed by atoms with Gasteiger partial charge in [0.1, 0.15) is 5.75 Å². The Balaban J connectivity index is 1.41. The largest absolute Gasteiger partial charge is 0.494 e. The van der Waals surface area contributed by atoms with Crippen molar-refractivity contribution in [2.24, 2.45) is 0 Å². The van der Waals surface area contributed by atoms with E-state index in [0.29, 0.717) is 36.5 Å². The Hall–Kier alpha value is -3.35. The van der Waals surface area contributed by atoms with E-state index in [-0.39, 0.29) is 5.91 Å². The molecule has 1 saturated carbocycles. The summed E-state index contributed by atoms with van der Waals surface area (Å²) in [4.78, 5) is 16.7. The van der Waals surface area contributed by atoms with Gasteiger partial charge in [-0.05, 0) is 68.7 Å². The third-order valence-electron chi connectivity index (χ3n) is 4.73. The molecule has 0 bridgehead atoms. The van der Waals surface area contributed by atoms with E-state index in [2.05, 4.69) is 20.8 Å². The Kier molecular flexibility index (Phi) is 5.46. The van der Waals surface area contributed by atoms with E-state index >= 15 is 0 Å². The number of aromatic nitrogens is 2. The molecule has 0 aliphatic heterocycles. The number of aryl methyl sites for hydroxylation is 1. The molecule has 1 fully saturated rings. The van der Waals surface area contributed by atoms with Crippen LogP contribution in [-0.4, -0.2) is 28.7 Å². The van der Waals surface area contributed by atoms with Gasteiger partial charge in [-0.3, -0.25) is 4.79 Å². The third kappa shape index (κ3) is 4.74. The zero-order valence-corrected chi connectivity index (χ0v) is 16.6. The number of hydrogen-bond acceptors (Lipinski definition) is 6. The molecule has 7 nitrogen and oxygen atoms in total. The van der Waals surface area contributed by atoms with Crippen molar-refractivity contribution in [3.63, 3.8) is 0 Å². The number of carbonyl (C=O) groups is 1. The molecule has 29 heavy (non-hydrogen) atoms. The first kappa shape index (κ1) is 19.0. The molecule has 2 N–H and O–H groups in total. The fourth-order valence-corrected chi connectivity index (χ4v) is 2.93. The van der Waals surface area contributed by atoms with Crippen LogP contribution in [-0.2, 0) is 6.54 Å². The predicted molar refractivity (Wildman–Crippen MR) is 110 cm³/mol. The molecule has 1 aliphatic rings. The first-order chi connectivity index (χ1) is 14.1. The Morgan fingerprint density at radius 1 is 1.21 bits per heavy atom. The second-order valence-corrected chi connectivity index (χ2v) is 7.10. The van der Waals surface area contributed by atoms with E-state index in [4.69, 9.17) is 9.26 Å². The highest BCUT2D eigenvalue weighted by atomic mass is 16.5. The molecular weight excluding hydrogens is 368 g/mol. The summed E-state index contributed by atoms with van der Waals surface area (Å²) in [5.41, 5.74) is 3.41. The average molecular weight is 392 g/mol. The van der Waals surface area contributed by atoms with E-state index in [1.165, 1.54) is 0 Å². The Morgan fingerprint density at radius 2 is 2.00 bits per heavy atom. The summed E-state index contributed by atoms with van der Waals surface area (Å²) < 4.78 is 10.8. The highest BCUT2D eigenvalue weighted by Crippen LogP contribution is 2.23. The summed E-state index contributed by atoms with van der Waals surface area (Å²) in [6.45, 7) is 4.94. The van der Waals surface area contributed by atoms with Gasteiger partial charge in [-0.25, -0.2) is 0 Å². The Morgan fingerprint density at radius 3 is 2.72 bits per heavy atom. The van der Waals surface area contributed by atoms with E-state index in [1.807, 2.05) is 56.3 Å². The van der Waals surface area contributed by atoms with E-state index in [0.717, 1.165) is 35.4 Å². The van der Waals surface area contributed by atoms with Gasteiger partial charge in [-0.2, -0.15) is 4.98 Å². The molecule has 0 saturated heterocycles. The highest BCUT2D eigenvalue weighted by molar-refractivity contribution is 5.95. The molecule has 3 aromatic rings. The number of benzene rings is 2. The molecule has 1 amide bonds. The van der Waals surface area contributed by atoms with Crippen LogP contribution in [0.15, 0.2) is 47.0 Å². The molecule has 4 rings (SSSR count). The molecule has 150 valence electrons. The van der Waals surface area contributed by atoms with Crippen molar-refractivity contribution in [3.8, 4) is 17.1 Å². The van der Waals surface area contributed by atoms with Gasteiger partial charge in [-0.15, -0.1) is 0 Å². The number of amides is 1. The first-order valence-corrected chi connectivity index (χ1v) is 9.83. The highest BCUT2D eigenvalue weighted by Gasteiger charge is 2.24. The Labute approximate surface area is 169 Å². The van der Waals surface area contributed by atoms with Crippen LogP contribution >= 0.6 is 0 Å². The SMILES string of the molecule is CCOc1ccc(-c2noc(CNc3cc(C(=O)NC4CC4)ccc3C)n2)cc1. The van der Waals surface area contributed by atoms with Crippen LogP contribution in [0.5, 0.6) is 5.75 Å². The van der Waals surface area contributed by atoms with Gasteiger partial charge >= 0.3 is 0 Å². The van der Waals surface area contributed by atoms with Crippen molar-refractivity contribution in [3.05, 3.63) is 59.5 Å². The minimum Gasteiger partial charge on any atom is -0.494 e. The molecule has 2 aromatic carbocycles. The van der Waals surface area contributed by atoms with Crippen molar-refractivity contribution in [1.29, 1.82) is 0 Å². The van der Waals surface area contributed by atoms with Crippen LogP contribution in [0.1, 0.15) is 41.6 Å². The van der Waals surface area contributed by atoms with Gasteiger partial charge in [0, 0.05) is 22.9 Å². The normalized spacial score (nSPS) is 13.2. The van der Waals surface area contributed by atoms with Crippen LogP contribution < -0.4 is 15.4 Å². The second kappa shape index (κ2) is 8.34. The van der Waals surface area contributed by atoms with Crippen molar-refractivity contribution >= 4 is 11.6 Å². The van der Waals surface area contributed by atoms with Gasteiger partial charge in [0.2, 0.25) is 11.7 Å². The molecule has 0 atom stereocenters. The van der Waals surface area contributed by atoms with Crippen LogP contribution in [0, 0.1) is 6.92 Å². The number of nitrogens with zero attached hydrogens (tertiary/aromatic N) is 2. The molecule has 0 radical (unpaired) electrons. The van der Waals surface area contributed by atoms with Crippen LogP contribution in [0.3, 0.4) is 0 Å². The monoisotopic (exact) mass is 392 g/mol. The summed E-state index contributed by atoms with van der Waals surface area (Å²) in [5, 5.41) is 10.3. The number of carbonyl (C=O) groups excluding carboxylic acids is 1. The van der Waals surface area contributed by atoms with Crippen molar-refractivity contribution in [2.45, 2.75) is 39.3 Å². The molecule has 7 heteroatoms. The maximum Gasteiger partial charge on any atom is 0.251 e. The number of anilines is 1. The predicted octanol–water partition coefficient (Wildman–Crippen LogP) is 3.95. The van der Waals surface area contributed by atoms with Gasteiger partial charge in [0.25, 0.3) is 5.91 Å². The standard InChI is InChI=1S/C22H24N4O3/c1-3-28-18-10-6-15(7-11-18)21-25-20(29-26-21)13-23-19-12-16(5-4-14(19)2)22(27)24-17-8-9-17/h4-7,10-12,17,23H,3,8-9,13H2,1-2H3,(H,24,27). The minimum absolute atomic E-state index is 0.0360. The fourth-order valence-electron chi connectivity index (χ4n) is 2.93. The fraction of sp³-hybridized carbons (Fsp3) is 0.318. The lowest BCUT2D eigenvalue weighted by Gasteiger charge is -2.10. The van der Waals surface area contributed by atoms with Crippen LogP contribution in [0.4, 0.5) is 5.69 Å². The van der Waals surface area contributed by atoms with E-state index in [9.17, 15) is 4.79 Å². The maximum atomic E-state index is 12.3. The van der Waals surface area contributed by atoms with Gasteiger partial charge in [0.15, 0.2) is 0 Å². The zero-order chi connectivity index (χ0) is 20.2. The average Bonchev–Trinajstić information content (AvgIpc) is 3.41. The number of ether oxygens (including phenoxy) is 1. The summed E-state index contributed by atoms with van der Waals surface area (Å²) in [5.74, 6) is 1.77. The van der Waals surface area contributed by atoms with E-state index in [1.54, 1.807) is 0 Å². The lowest BCUT2D eigenvalue weighted by Crippen LogP contribution is -2.25. The summed E-state index contributed by atoms with van der Waals surface area (Å²) in [6.07, 6.45) is 2.13. The minimum atomic E-state index is -0.0360. The lowest BCUT2D eigenvalue weighted by atomic mass is 10.1. The summed E-state index contributed by atoms with van der Waals surface area (Å²) in [6, 6.07) is 13.5. The summed E-state index contributed by atoms with van der Waals surface area (Å²) in [7, 11) is 0. The number of hydrogen-bond donors (Lipinski definition) is 2. The second-order valence-electron chi connectivity index (χ2n) is 7.10. The quantitative estimate of drug-likeness (QED) is 0.603. The van der Waals surface area contributed by atoms with Crippen LogP contribution in [0.2, 0.25) is 0 Å². The molecule has 1 aliphatic carbocycles. The summed E-state index contributed by atoms with van der Waals surface area (Å²) >= 11 is 0. The Bertz CT molecular complexity index is 994. The van der Waals surface area contributed by atoms with Gasteiger partial charge in [-0.1, -0.05) is 11.2 Å². The molecular formula is C22H24N4O3. The molecule has 1 heterocycles. The lowest BCUT2D eigenvalue weighted by molar-refractivity contribution is 0.0951. The topological polar surface area (TPSA) is 89.3 Å². The first-order valence-electron chi connectivity index (χ1n) is 9.83. The molecule has 1 aromatic heterocycles. The molecule has 0 spiro atoms.